The summed E-state index contributed by atoms with van der Waals surface area (Å²) in [5.41, 5.74) is 4.45. The lowest BCUT2D eigenvalue weighted by Crippen LogP contribution is -2.25. The number of aryl methyl sites for hydroxylation is 1. The molecule has 0 N–H and O–H groups in total. The molecule has 6 rings (SSSR count). The molecule has 3 aromatic heterocycles. The standard InChI is InChI=1S/C28H32N6O2/c1-20-16-23(35-15-14-33-12-6-7-13-33)29-17-22(20)25-32-24-26(34(25)18-21-8-4-3-5-9-21)30-19-31-27(24)36-28(2)10-11-28/h3-5,8-9,16-17,19H,6-7,10-15,18H2,1-2H3. The first-order chi connectivity index (χ1) is 17.6. The Hall–Kier alpha value is -3.52. The van der Waals surface area contributed by atoms with Crippen LogP contribution in [0.2, 0.25) is 0 Å². The van der Waals surface area contributed by atoms with Gasteiger partial charge in [0.15, 0.2) is 11.2 Å². The van der Waals surface area contributed by atoms with Crippen LogP contribution < -0.4 is 9.47 Å². The highest BCUT2D eigenvalue weighted by Gasteiger charge is 2.41. The fourth-order valence-corrected chi connectivity index (χ4v) is 4.75. The Morgan fingerprint density at radius 1 is 1.03 bits per heavy atom. The minimum Gasteiger partial charge on any atom is -0.476 e. The van der Waals surface area contributed by atoms with Crippen molar-refractivity contribution in [2.45, 2.75) is 51.7 Å². The quantitative estimate of drug-likeness (QED) is 0.342. The van der Waals surface area contributed by atoms with Crippen LogP contribution in [-0.2, 0) is 6.54 Å². The smallest absolute Gasteiger partial charge is 0.245 e. The number of aromatic nitrogens is 5. The van der Waals surface area contributed by atoms with Crippen molar-refractivity contribution >= 4 is 11.2 Å². The highest BCUT2D eigenvalue weighted by molar-refractivity contribution is 5.82. The Kier molecular flexibility index (Phi) is 6.05. The Bertz CT molecular complexity index is 1360. The normalized spacial score (nSPS) is 16.9. The molecule has 1 aliphatic heterocycles. The molecule has 2 aliphatic rings. The van der Waals surface area contributed by atoms with Crippen molar-refractivity contribution in [1.29, 1.82) is 0 Å². The summed E-state index contributed by atoms with van der Waals surface area (Å²) >= 11 is 0. The van der Waals surface area contributed by atoms with Gasteiger partial charge in [-0.05, 0) is 63.7 Å². The van der Waals surface area contributed by atoms with Gasteiger partial charge in [0.05, 0.1) is 6.54 Å². The van der Waals surface area contributed by atoms with E-state index in [1.807, 2.05) is 30.5 Å². The van der Waals surface area contributed by atoms with E-state index >= 15 is 0 Å². The molecule has 186 valence electrons. The van der Waals surface area contributed by atoms with Gasteiger partial charge in [0, 0.05) is 24.4 Å². The summed E-state index contributed by atoms with van der Waals surface area (Å²) in [5.74, 6) is 1.99. The molecule has 8 nitrogen and oxygen atoms in total. The predicted octanol–water partition coefficient (Wildman–Crippen LogP) is 4.65. The van der Waals surface area contributed by atoms with Crippen LogP contribution >= 0.6 is 0 Å². The maximum Gasteiger partial charge on any atom is 0.245 e. The third kappa shape index (κ3) is 4.78. The first-order valence-electron chi connectivity index (χ1n) is 12.8. The van der Waals surface area contributed by atoms with E-state index < -0.39 is 0 Å². The molecule has 0 atom stereocenters. The third-order valence-electron chi connectivity index (χ3n) is 7.16. The zero-order chi connectivity index (χ0) is 24.5. The van der Waals surface area contributed by atoms with Crippen molar-refractivity contribution in [3.63, 3.8) is 0 Å². The molecule has 4 aromatic rings. The first kappa shape index (κ1) is 22.9. The molecule has 0 radical (unpaired) electrons. The predicted molar refractivity (Wildman–Crippen MR) is 138 cm³/mol. The van der Waals surface area contributed by atoms with Crippen LogP contribution in [0.1, 0.15) is 43.7 Å². The van der Waals surface area contributed by atoms with E-state index in [2.05, 4.69) is 50.4 Å². The lowest BCUT2D eigenvalue weighted by Gasteiger charge is -2.15. The summed E-state index contributed by atoms with van der Waals surface area (Å²) in [6.45, 7) is 8.74. The van der Waals surface area contributed by atoms with Crippen LogP contribution in [0.25, 0.3) is 22.6 Å². The molecule has 1 saturated heterocycles. The molecular weight excluding hydrogens is 452 g/mol. The fourth-order valence-electron chi connectivity index (χ4n) is 4.75. The van der Waals surface area contributed by atoms with Gasteiger partial charge in [-0.2, -0.15) is 4.98 Å². The highest BCUT2D eigenvalue weighted by Crippen LogP contribution is 2.41. The number of pyridine rings is 1. The number of nitrogens with zero attached hydrogens (tertiary/aromatic N) is 6. The van der Waals surface area contributed by atoms with Crippen molar-refractivity contribution in [2.24, 2.45) is 0 Å². The number of benzene rings is 1. The molecule has 36 heavy (non-hydrogen) atoms. The van der Waals surface area contributed by atoms with Gasteiger partial charge in [0.1, 0.15) is 24.4 Å². The minimum atomic E-state index is -0.157. The summed E-state index contributed by atoms with van der Waals surface area (Å²) in [4.78, 5) is 21.2. The maximum atomic E-state index is 6.25. The van der Waals surface area contributed by atoms with Gasteiger partial charge < -0.3 is 14.0 Å². The summed E-state index contributed by atoms with van der Waals surface area (Å²) in [7, 11) is 0. The zero-order valence-corrected chi connectivity index (χ0v) is 21.0. The monoisotopic (exact) mass is 484 g/mol. The number of likely N-dealkylation sites (tertiary alicyclic amines) is 1. The van der Waals surface area contributed by atoms with Crippen molar-refractivity contribution in [3.05, 3.63) is 60.0 Å². The number of fused-ring (bicyclic) bond motifs is 1. The summed E-state index contributed by atoms with van der Waals surface area (Å²) < 4.78 is 14.4. The molecule has 0 unspecified atom stereocenters. The third-order valence-corrected chi connectivity index (χ3v) is 7.16. The Balaban J connectivity index is 1.34. The number of imidazole rings is 1. The number of hydrogen-bond acceptors (Lipinski definition) is 7. The van der Waals surface area contributed by atoms with Crippen LogP contribution in [0.3, 0.4) is 0 Å². The number of hydrogen-bond donors (Lipinski definition) is 0. The van der Waals surface area contributed by atoms with Crippen molar-refractivity contribution in [2.75, 3.05) is 26.2 Å². The van der Waals surface area contributed by atoms with Crippen molar-refractivity contribution in [1.82, 2.24) is 29.4 Å². The van der Waals surface area contributed by atoms with Gasteiger partial charge in [-0.15, -0.1) is 0 Å². The van der Waals surface area contributed by atoms with Crippen LogP contribution in [0, 0.1) is 6.92 Å². The van der Waals surface area contributed by atoms with Crippen molar-refractivity contribution in [3.8, 4) is 23.1 Å². The van der Waals surface area contributed by atoms with Crippen LogP contribution in [0.15, 0.2) is 48.9 Å². The minimum absolute atomic E-state index is 0.157. The molecule has 8 heteroatoms. The summed E-state index contributed by atoms with van der Waals surface area (Å²) in [6, 6.07) is 12.3. The van der Waals surface area contributed by atoms with E-state index in [1.165, 1.54) is 31.5 Å². The Morgan fingerprint density at radius 3 is 2.58 bits per heavy atom. The second-order valence-electron chi connectivity index (χ2n) is 10.1. The second kappa shape index (κ2) is 9.50. The van der Waals surface area contributed by atoms with Gasteiger partial charge in [-0.25, -0.2) is 15.0 Å². The highest BCUT2D eigenvalue weighted by atomic mass is 16.5. The van der Waals surface area contributed by atoms with Gasteiger partial charge in [-0.3, -0.25) is 4.90 Å². The van der Waals surface area contributed by atoms with Gasteiger partial charge in [0.2, 0.25) is 11.8 Å². The first-order valence-corrected chi connectivity index (χ1v) is 12.8. The van der Waals surface area contributed by atoms with Gasteiger partial charge >= 0.3 is 0 Å². The molecule has 1 saturated carbocycles. The molecule has 0 spiro atoms. The average molecular weight is 485 g/mol. The van der Waals surface area contributed by atoms with Crippen LogP contribution in [-0.4, -0.2) is 61.2 Å². The fraction of sp³-hybridized carbons (Fsp3) is 0.429. The van der Waals surface area contributed by atoms with E-state index in [0.717, 1.165) is 42.0 Å². The van der Waals surface area contributed by atoms with Crippen LogP contribution in [0.4, 0.5) is 0 Å². The van der Waals surface area contributed by atoms with Gasteiger partial charge in [0.25, 0.3) is 0 Å². The van der Waals surface area contributed by atoms with Crippen molar-refractivity contribution < 1.29 is 9.47 Å². The largest absolute Gasteiger partial charge is 0.476 e. The SMILES string of the molecule is Cc1cc(OCCN2CCCC2)ncc1-c1nc2c(OC3(C)CC3)ncnc2n1Cc1ccccc1. The lowest BCUT2D eigenvalue weighted by atomic mass is 10.1. The van der Waals surface area contributed by atoms with E-state index in [9.17, 15) is 0 Å². The summed E-state index contributed by atoms with van der Waals surface area (Å²) in [5, 5.41) is 0. The number of rotatable bonds is 9. The van der Waals surface area contributed by atoms with Gasteiger partial charge in [-0.1, -0.05) is 30.3 Å². The Labute approximate surface area is 211 Å². The molecule has 1 aromatic carbocycles. The van der Waals surface area contributed by atoms with E-state index in [-0.39, 0.29) is 5.60 Å². The van der Waals surface area contributed by atoms with E-state index in [4.69, 9.17) is 14.5 Å². The molecule has 0 amide bonds. The molecule has 1 aliphatic carbocycles. The molecular formula is C28H32N6O2. The second-order valence-corrected chi connectivity index (χ2v) is 10.1. The topological polar surface area (TPSA) is 78.2 Å². The Morgan fingerprint density at radius 2 is 1.83 bits per heavy atom. The molecule has 4 heterocycles. The number of ether oxygens (including phenoxy) is 2. The summed E-state index contributed by atoms with van der Waals surface area (Å²) in [6.07, 6.45) is 8.05. The zero-order valence-electron chi connectivity index (χ0n) is 21.0. The lowest BCUT2D eigenvalue weighted by molar-refractivity contribution is 0.194. The van der Waals surface area contributed by atoms with E-state index in [1.54, 1.807) is 6.33 Å². The average Bonchev–Trinajstić information content (AvgIpc) is 3.25. The van der Waals surface area contributed by atoms with Crippen LogP contribution in [0.5, 0.6) is 11.8 Å². The molecule has 0 bridgehead atoms. The molecule has 2 fully saturated rings. The van der Waals surface area contributed by atoms with E-state index in [0.29, 0.717) is 30.4 Å². The maximum absolute atomic E-state index is 6.25.